The lowest BCUT2D eigenvalue weighted by molar-refractivity contribution is 0.0943. The van der Waals surface area contributed by atoms with Crippen LogP contribution in [0.25, 0.3) is 0 Å². The fourth-order valence-corrected chi connectivity index (χ4v) is 3.07. The van der Waals surface area contributed by atoms with E-state index in [2.05, 4.69) is 16.2 Å². The van der Waals surface area contributed by atoms with Crippen molar-refractivity contribution in [2.75, 3.05) is 0 Å². The Morgan fingerprint density at radius 2 is 1.86 bits per heavy atom. The van der Waals surface area contributed by atoms with Gasteiger partial charge in [0.25, 0.3) is 5.91 Å². The standard InChI is InChI=1S/C16H19N3OS2/c1-10-12(3)22-9-14(10)15(20)18-19-16(21)17-11(2)13-7-5-4-6-8-13/h4-9,11H,1-3H3,(H,18,20)(H2,17,19,21)/t11-/m1/s1. The van der Waals surface area contributed by atoms with Gasteiger partial charge in [-0.15, -0.1) is 11.3 Å². The van der Waals surface area contributed by atoms with Gasteiger partial charge in [-0.2, -0.15) is 0 Å². The number of thiophene rings is 1. The second-order valence-corrected chi connectivity index (χ2v) is 6.51. The molecule has 0 fully saturated rings. The molecule has 0 radical (unpaired) electrons. The van der Waals surface area contributed by atoms with E-state index in [0.717, 1.165) is 16.0 Å². The summed E-state index contributed by atoms with van der Waals surface area (Å²) in [4.78, 5) is 13.2. The quantitative estimate of drug-likeness (QED) is 0.596. The average molecular weight is 333 g/mol. The van der Waals surface area contributed by atoms with E-state index in [0.29, 0.717) is 10.7 Å². The zero-order valence-electron chi connectivity index (χ0n) is 12.8. The van der Waals surface area contributed by atoms with Gasteiger partial charge in [0.05, 0.1) is 11.6 Å². The molecule has 1 aromatic carbocycles. The minimum atomic E-state index is -0.182. The van der Waals surface area contributed by atoms with Crippen LogP contribution in [0.3, 0.4) is 0 Å². The Bertz CT molecular complexity index is 667. The molecule has 116 valence electrons. The highest BCUT2D eigenvalue weighted by molar-refractivity contribution is 7.80. The molecule has 2 aromatic rings. The van der Waals surface area contributed by atoms with Gasteiger partial charge in [-0.25, -0.2) is 0 Å². The second kappa shape index (κ2) is 7.38. The number of thiocarbonyl (C=S) groups is 1. The van der Waals surface area contributed by atoms with E-state index in [1.165, 1.54) is 0 Å². The number of carbonyl (C=O) groups excluding carboxylic acids is 1. The van der Waals surface area contributed by atoms with Gasteiger partial charge in [-0.05, 0) is 44.1 Å². The molecule has 3 N–H and O–H groups in total. The van der Waals surface area contributed by atoms with Crippen LogP contribution in [0.5, 0.6) is 0 Å². The summed E-state index contributed by atoms with van der Waals surface area (Å²) in [5.74, 6) is -0.182. The molecular formula is C16H19N3OS2. The normalized spacial score (nSPS) is 11.6. The van der Waals surface area contributed by atoms with Gasteiger partial charge in [-0.3, -0.25) is 15.6 Å². The number of nitrogens with one attached hydrogen (secondary N) is 3. The molecule has 1 atom stereocenters. The van der Waals surface area contributed by atoms with Crippen LogP contribution in [-0.2, 0) is 0 Å². The minimum absolute atomic E-state index is 0.0585. The summed E-state index contributed by atoms with van der Waals surface area (Å²) < 4.78 is 0. The predicted molar refractivity (Wildman–Crippen MR) is 95.0 cm³/mol. The second-order valence-electron chi connectivity index (χ2n) is 5.02. The topological polar surface area (TPSA) is 53.2 Å². The molecular weight excluding hydrogens is 314 g/mol. The largest absolute Gasteiger partial charge is 0.355 e. The fourth-order valence-electron chi connectivity index (χ4n) is 1.98. The lowest BCUT2D eigenvalue weighted by atomic mass is 10.1. The van der Waals surface area contributed by atoms with E-state index in [1.807, 2.05) is 56.5 Å². The van der Waals surface area contributed by atoms with Crippen LogP contribution in [0.2, 0.25) is 0 Å². The number of hydrogen-bond acceptors (Lipinski definition) is 3. The van der Waals surface area contributed by atoms with E-state index in [9.17, 15) is 4.79 Å². The third-order valence-electron chi connectivity index (χ3n) is 3.47. The van der Waals surface area contributed by atoms with Gasteiger partial charge in [0, 0.05) is 10.3 Å². The average Bonchev–Trinajstić information content (AvgIpc) is 2.85. The molecule has 1 aromatic heterocycles. The Morgan fingerprint density at radius 1 is 1.18 bits per heavy atom. The molecule has 0 saturated carbocycles. The molecule has 1 amide bonds. The van der Waals surface area contributed by atoms with Crippen molar-refractivity contribution in [1.82, 2.24) is 16.2 Å². The first-order valence-electron chi connectivity index (χ1n) is 6.95. The van der Waals surface area contributed by atoms with Crippen LogP contribution in [-0.4, -0.2) is 11.0 Å². The van der Waals surface area contributed by atoms with Crippen molar-refractivity contribution in [3.63, 3.8) is 0 Å². The third kappa shape index (κ3) is 4.05. The van der Waals surface area contributed by atoms with E-state index in [4.69, 9.17) is 12.2 Å². The zero-order chi connectivity index (χ0) is 16.1. The predicted octanol–water partition coefficient (Wildman–Crippen LogP) is 3.24. The Hall–Kier alpha value is -1.92. The van der Waals surface area contributed by atoms with Crippen molar-refractivity contribution >= 4 is 34.6 Å². The van der Waals surface area contributed by atoms with Crippen LogP contribution in [0.4, 0.5) is 0 Å². The monoisotopic (exact) mass is 333 g/mol. The number of aryl methyl sites for hydroxylation is 1. The highest BCUT2D eigenvalue weighted by Gasteiger charge is 2.13. The summed E-state index contributed by atoms with van der Waals surface area (Å²) in [6, 6.07) is 10.0. The first kappa shape index (κ1) is 16.5. The number of amides is 1. The van der Waals surface area contributed by atoms with E-state index in [1.54, 1.807) is 11.3 Å². The molecule has 0 spiro atoms. The summed E-state index contributed by atoms with van der Waals surface area (Å²) in [6.07, 6.45) is 0. The minimum Gasteiger partial charge on any atom is -0.355 e. The van der Waals surface area contributed by atoms with Gasteiger partial charge in [0.2, 0.25) is 0 Å². The Morgan fingerprint density at radius 3 is 2.45 bits per heavy atom. The first-order valence-corrected chi connectivity index (χ1v) is 8.24. The number of hydrogen-bond donors (Lipinski definition) is 3. The van der Waals surface area contributed by atoms with Crippen molar-refractivity contribution in [3.05, 3.63) is 57.3 Å². The molecule has 1 heterocycles. The van der Waals surface area contributed by atoms with E-state index < -0.39 is 0 Å². The molecule has 0 unspecified atom stereocenters. The van der Waals surface area contributed by atoms with Gasteiger partial charge < -0.3 is 5.32 Å². The van der Waals surface area contributed by atoms with Gasteiger partial charge in [0.1, 0.15) is 0 Å². The molecule has 6 heteroatoms. The Kier molecular flexibility index (Phi) is 5.51. The Labute approximate surface area is 139 Å². The molecule has 0 aliphatic carbocycles. The maximum Gasteiger partial charge on any atom is 0.270 e. The molecule has 2 rings (SSSR count). The van der Waals surface area contributed by atoms with Crippen LogP contribution < -0.4 is 16.2 Å². The lowest BCUT2D eigenvalue weighted by Gasteiger charge is -2.17. The molecule has 0 bridgehead atoms. The molecule has 0 saturated heterocycles. The summed E-state index contributed by atoms with van der Waals surface area (Å²) >= 11 is 6.77. The first-order chi connectivity index (χ1) is 10.5. The maximum atomic E-state index is 12.1. The zero-order valence-corrected chi connectivity index (χ0v) is 14.4. The van der Waals surface area contributed by atoms with Gasteiger partial charge in [0.15, 0.2) is 5.11 Å². The van der Waals surface area contributed by atoms with Crippen molar-refractivity contribution in [2.24, 2.45) is 0 Å². The molecule has 22 heavy (non-hydrogen) atoms. The van der Waals surface area contributed by atoms with Crippen LogP contribution in [0, 0.1) is 13.8 Å². The maximum absolute atomic E-state index is 12.1. The van der Waals surface area contributed by atoms with Crippen molar-refractivity contribution in [2.45, 2.75) is 26.8 Å². The summed E-state index contributed by atoms with van der Waals surface area (Å²) in [6.45, 7) is 5.95. The number of benzene rings is 1. The fraction of sp³-hybridized carbons (Fsp3) is 0.250. The summed E-state index contributed by atoms with van der Waals surface area (Å²) in [7, 11) is 0. The van der Waals surface area contributed by atoms with Crippen LogP contribution in [0.15, 0.2) is 35.7 Å². The highest BCUT2D eigenvalue weighted by Crippen LogP contribution is 2.20. The van der Waals surface area contributed by atoms with Gasteiger partial charge >= 0.3 is 0 Å². The van der Waals surface area contributed by atoms with Crippen LogP contribution >= 0.6 is 23.6 Å². The van der Waals surface area contributed by atoms with Crippen molar-refractivity contribution < 1.29 is 4.79 Å². The van der Waals surface area contributed by atoms with E-state index in [-0.39, 0.29) is 11.9 Å². The Balaban J connectivity index is 1.85. The van der Waals surface area contributed by atoms with E-state index >= 15 is 0 Å². The van der Waals surface area contributed by atoms with Crippen molar-refractivity contribution in [1.29, 1.82) is 0 Å². The number of rotatable bonds is 3. The number of hydrazine groups is 1. The smallest absolute Gasteiger partial charge is 0.270 e. The highest BCUT2D eigenvalue weighted by atomic mass is 32.1. The van der Waals surface area contributed by atoms with Crippen molar-refractivity contribution in [3.8, 4) is 0 Å². The van der Waals surface area contributed by atoms with Gasteiger partial charge in [-0.1, -0.05) is 30.3 Å². The molecule has 0 aliphatic rings. The van der Waals surface area contributed by atoms with Crippen LogP contribution in [0.1, 0.15) is 39.3 Å². The third-order valence-corrected chi connectivity index (χ3v) is 4.70. The number of carbonyl (C=O) groups is 1. The molecule has 0 aliphatic heterocycles. The molecule has 4 nitrogen and oxygen atoms in total. The SMILES string of the molecule is Cc1scc(C(=O)NNC(=S)N[C@H](C)c2ccccc2)c1C. The lowest BCUT2D eigenvalue weighted by Crippen LogP contribution is -2.47. The summed E-state index contributed by atoms with van der Waals surface area (Å²) in [5, 5.41) is 5.37. The summed E-state index contributed by atoms with van der Waals surface area (Å²) in [5.41, 5.74) is 8.17.